The highest BCUT2D eigenvalue weighted by Crippen LogP contribution is 2.19. The second-order valence-corrected chi connectivity index (χ2v) is 4.35. The normalized spacial score (nSPS) is 19.8. The van der Waals surface area contributed by atoms with Crippen molar-refractivity contribution in [2.45, 2.75) is 25.9 Å². The van der Waals surface area contributed by atoms with Crippen molar-refractivity contribution < 1.29 is 14.6 Å². The predicted molar refractivity (Wildman–Crippen MR) is 68.1 cm³/mol. The van der Waals surface area contributed by atoms with Crippen molar-refractivity contribution in [3.63, 3.8) is 0 Å². The summed E-state index contributed by atoms with van der Waals surface area (Å²) in [5.41, 5.74) is 0.0889. The Labute approximate surface area is 106 Å². The number of carboxylic acid groups (broad SMARTS) is 1. The number of ether oxygens (including phenoxy) is 1. The molecule has 0 bridgehead atoms. The maximum atomic E-state index is 10.9. The van der Waals surface area contributed by atoms with Gasteiger partial charge in [-0.05, 0) is 31.9 Å². The molecule has 1 atom stereocenters. The van der Waals surface area contributed by atoms with E-state index in [4.69, 9.17) is 9.84 Å². The van der Waals surface area contributed by atoms with Crippen molar-refractivity contribution in [3.8, 4) is 0 Å². The van der Waals surface area contributed by atoms with Crippen LogP contribution in [-0.2, 0) is 4.74 Å². The Balaban J connectivity index is 2.10. The van der Waals surface area contributed by atoms with Crippen molar-refractivity contribution in [3.05, 3.63) is 23.9 Å². The fraction of sp³-hybridized carbons (Fsp3) is 0.538. The molecule has 5 nitrogen and oxygen atoms in total. The summed E-state index contributed by atoms with van der Waals surface area (Å²) in [5, 5.41) is 8.94. The smallest absolute Gasteiger partial charge is 0.354 e. The van der Waals surface area contributed by atoms with Gasteiger partial charge in [0.25, 0.3) is 0 Å². The summed E-state index contributed by atoms with van der Waals surface area (Å²) in [6.45, 7) is 4.38. The molecule has 0 amide bonds. The third-order valence-corrected chi connectivity index (χ3v) is 3.06. The number of hydrogen-bond acceptors (Lipinski definition) is 4. The van der Waals surface area contributed by atoms with Gasteiger partial charge in [0.15, 0.2) is 5.69 Å². The minimum atomic E-state index is -0.991. The predicted octanol–water partition coefficient (Wildman–Crippen LogP) is 1.79. The molecule has 0 aromatic carbocycles. The highest BCUT2D eigenvalue weighted by atomic mass is 16.5. The number of rotatable bonds is 4. The molecular formula is C13H18N2O3. The van der Waals surface area contributed by atoms with Crippen LogP contribution in [0.2, 0.25) is 0 Å². The minimum absolute atomic E-state index is 0.0889. The van der Waals surface area contributed by atoms with Crippen molar-refractivity contribution in [2.24, 2.45) is 0 Å². The van der Waals surface area contributed by atoms with Gasteiger partial charge in [-0.3, -0.25) is 0 Å². The molecule has 1 saturated heterocycles. The maximum Gasteiger partial charge on any atom is 0.354 e. The molecule has 2 rings (SSSR count). The Bertz CT molecular complexity index is 420. The zero-order valence-electron chi connectivity index (χ0n) is 10.5. The lowest BCUT2D eigenvalue weighted by Gasteiger charge is -2.33. The molecule has 1 aromatic rings. The van der Waals surface area contributed by atoms with Gasteiger partial charge in [-0.25, -0.2) is 9.78 Å². The number of anilines is 1. The topological polar surface area (TPSA) is 62.7 Å². The van der Waals surface area contributed by atoms with Crippen LogP contribution in [0.4, 0.5) is 5.82 Å². The first-order valence-corrected chi connectivity index (χ1v) is 6.27. The zero-order chi connectivity index (χ0) is 13.0. The Morgan fingerprint density at radius 2 is 2.44 bits per heavy atom. The summed E-state index contributed by atoms with van der Waals surface area (Å²) in [6, 6.07) is 5.09. The minimum Gasteiger partial charge on any atom is -0.477 e. The van der Waals surface area contributed by atoms with E-state index in [2.05, 4.69) is 9.88 Å². The molecule has 0 radical (unpaired) electrons. The van der Waals surface area contributed by atoms with E-state index >= 15 is 0 Å². The van der Waals surface area contributed by atoms with Crippen LogP contribution in [0.3, 0.4) is 0 Å². The number of aromatic nitrogens is 1. The molecule has 2 heterocycles. The van der Waals surface area contributed by atoms with Crippen LogP contribution in [0.1, 0.15) is 30.3 Å². The fourth-order valence-corrected chi connectivity index (χ4v) is 2.24. The number of carbonyl (C=O) groups is 1. The van der Waals surface area contributed by atoms with Crippen LogP contribution in [0, 0.1) is 0 Å². The van der Waals surface area contributed by atoms with Crippen molar-refractivity contribution in [2.75, 3.05) is 24.6 Å². The molecule has 1 aliphatic rings. The van der Waals surface area contributed by atoms with Gasteiger partial charge in [0.05, 0.1) is 6.10 Å². The molecule has 18 heavy (non-hydrogen) atoms. The van der Waals surface area contributed by atoms with E-state index in [1.165, 1.54) is 6.07 Å². The molecule has 98 valence electrons. The van der Waals surface area contributed by atoms with Gasteiger partial charge in [-0.15, -0.1) is 0 Å². The second-order valence-electron chi connectivity index (χ2n) is 4.35. The molecule has 1 unspecified atom stereocenters. The monoisotopic (exact) mass is 250 g/mol. The molecule has 0 aliphatic carbocycles. The molecule has 1 fully saturated rings. The third kappa shape index (κ3) is 2.98. The second kappa shape index (κ2) is 5.82. The summed E-state index contributed by atoms with van der Waals surface area (Å²) in [7, 11) is 0. The first kappa shape index (κ1) is 12.8. The molecule has 1 N–H and O–H groups in total. The van der Waals surface area contributed by atoms with Gasteiger partial charge in [0, 0.05) is 19.7 Å². The molecular weight excluding hydrogens is 232 g/mol. The Morgan fingerprint density at radius 3 is 3.17 bits per heavy atom. The van der Waals surface area contributed by atoms with Crippen molar-refractivity contribution in [1.82, 2.24) is 4.98 Å². The fourth-order valence-electron chi connectivity index (χ4n) is 2.24. The van der Waals surface area contributed by atoms with Crippen LogP contribution in [0.25, 0.3) is 0 Å². The van der Waals surface area contributed by atoms with Gasteiger partial charge in [0.2, 0.25) is 0 Å². The number of hydrogen-bond donors (Lipinski definition) is 1. The quantitative estimate of drug-likeness (QED) is 0.882. The average Bonchev–Trinajstić information content (AvgIpc) is 2.39. The van der Waals surface area contributed by atoms with Gasteiger partial charge in [0.1, 0.15) is 5.82 Å². The SMILES string of the molecule is CCOC1CCCN(c2cccc(C(=O)O)n2)C1. The summed E-state index contributed by atoms with van der Waals surface area (Å²) in [6.07, 6.45) is 2.33. The zero-order valence-corrected chi connectivity index (χ0v) is 10.5. The maximum absolute atomic E-state index is 10.9. The standard InChI is InChI=1S/C13H18N2O3/c1-2-18-10-5-4-8-15(9-10)12-7-3-6-11(14-12)13(16)17/h3,6-7,10H,2,4-5,8-9H2,1H3,(H,16,17). The summed E-state index contributed by atoms with van der Waals surface area (Å²) in [5.74, 6) is -0.269. The summed E-state index contributed by atoms with van der Waals surface area (Å²) < 4.78 is 5.63. The van der Waals surface area contributed by atoms with E-state index in [-0.39, 0.29) is 11.8 Å². The number of nitrogens with zero attached hydrogens (tertiary/aromatic N) is 2. The number of pyridine rings is 1. The molecule has 5 heteroatoms. The van der Waals surface area contributed by atoms with Crippen molar-refractivity contribution in [1.29, 1.82) is 0 Å². The van der Waals surface area contributed by atoms with E-state index in [9.17, 15) is 4.79 Å². The first-order valence-electron chi connectivity index (χ1n) is 6.27. The Hall–Kier alpha value is -1.62. The molecule has 1 aliphatic heterocycles. The van der Waals surface area contributed by atoms with Crippen LogP contribution in [0.15, 0.2) is 18.2 Å². The van der Waals surface area contributed by atoms with Crippen LogP contribution < -0.4 is 4.90 Å². The highest BCUT2D eigenvalue weighted by Gasteiger charge is 2.21. The Morgan fingerprint density at radius 1 is 1.61 bits per heavy atom. The highest BCUT2D eigenvalue weighted by molar-refractivity contribution is 5.85. The number of piperidine rings is 1. The van der Waals surface area contributed by atoms with Gasteiger partial charge < -0.3 is 14.7 Å². The van der Waals surface area contributed by atoms with Crippen LogP contribution in [0.5, 0.6) is 0 Å². The molecule has 0 spiro atoms. The number of carboxylic acids is 1. The van der Waals surface area contributed by atoms with Gasteiger partial charge in [-0.2, -0.15) is 0 Å². The Kier molecular flexibility index (Phi) is 4.15. The third-order valence-electron chi connectivity index (χ3n) is 3.06. The van der Waals surface area contributed by atoms with E-state index < -0.39 is 5.97 Å². The largest absolute Gasteiger partial charge is 0.477 e. The van der Waals surface area contributed by atoms with Gasteiger partial charge >= 0.3 is 5.97 Å². The van der Waals surface area contributed by atoms with E-state index in [1.54, 1.807) is 6.07 Å². The molecule has 1 aromatic heterocycles. The van der Waals surface area contributed by atoms with Gasteiger partial charge in [-0.1, -0.05) is 6.07 Å². The summed E-state index contributed by atoms with van der Waals surface area (Å²) >= 11 is 0. The van der Waals surface area contributed by atoms with Crippen LogP contribution >= 0.6 is 0 Å². The average molecular weight is 250 g/mol. The lowest BCUT2D eigenvalue weighted by atomic mass is 10.1. The van der Waals surface area contributed by atoms with E-state index in [0.717, 1.165) is 31.7 Å². The number of aromatic carboxylic acids is 1. The lowest BCUT2D eigenvalue weighted by molar-refractivity contribution is 0.0525. The summed E-state index contributed by atoms with van der Waals surface area (Å²) in [4.78, 5) is 17.2. The van der Waals surface area contributed by atoms with E-state index in [0.29, 0.717) is 6.61 Å². The first-order chi connectivity index (χ1) is 8.70. The lowest BCUT2D eigenvalue weighted by Crippen LogP contribution is -2.40. The van der Waals surface area contributed by atoms with Crippen LogP contribution in [-0.4, -0.2) is 41.9 Å². The van der Waals surface area contributed by atoms with Crippen molar-refractivity contribution >= 4 is 11.8 Å². The van der Waals surface area contributed by atoms with E-state index in [1.807, 2.05) is 13.0 Å². The molecule has 0 saturated carbocycles.